The Hall–Kier alpha value is -2.25. The van der Waals surface area contributed by atoms with E-state index in [0.717, 1.165) is 6.92 Å². The van der Waals surface area contributed by atoms with Crippen LogP contribution in [0.15, 0.2) is 36.4 Å². The van der Waals surface area contributed by atoms with Gasteiger partial charge in [0.15, 0.2) is 0 Å². The summed E-state index contributed by atoms with van der Waals surface area (Å²) in [6.07, 6.45) is -4.14. The van der Waals surface area contributed by atoms with Gasteiger partial charge < -0.3 is 10.1 Å². The fraction of sp³-hybridized carbons (Fsp3) is 0.391. The van der Waals surface area contributed by atoms with Gasteiger partial charge >= 0.3 is 12.1 Å². The minimum Gasteiger partial charge on any atom is -0.466 e. The summed E-state index contributed by atoms with van der Waals surface area (Å²) in [6.45, 7) is 4.59. The maximum atomic E-state index is 13.6. The maximum absolute atomic E-state index is 13.6. The molecule has 0 aliphatic carbocycles. The van der Waals surface area contributed by atoms with E-state index >= 15 is 0 Å². The highest BCUT2D eigenvalue weighted by molar-refractivity contribution is 6.33. The summed E-state index contributed by atoms with van der Waals surface area (Å²) in [7, 11) is 0. The molecule has 9 heteroatoms. The molecule has 1 amide bonds. The summed E-state index contributed by atoms with van der Waals surface area (Å²) >= 11 is 12.2. The summed E-state index contributed by atoms with van der Waals surface area (Å²) in [6, 6.07) is 9.10. The number of halogens is 5. The second-order valence-electron chi connectivity index (χ2n) is 7.43. The molecule has 2 aromatic carbocycles. The lowest BCUT2D eigenvalue weighted by atomic mass is 9.85. The number of benzene rings is 2. The molecule has 0 spiro atoms. The van der Waals surface area contributed by atoms with Crippen LogP contribution in [-0.4, -0.2) is 24.7 Å². The number of ether oxygens (including phenoxy) is 1. The first-order chi connectivity index (χ1) is 14.9. The molecule has 0 saturated heterocycles. The standard InChI is InChI=1S/C23H24Cl2F3NO3/c1-4-32-20(30)10-6-15-5-8-18(25)19(12-15)29-22(31)21(14(3)23(26,27)28)16-7-9-17(24)13(2)11-16/h5,7-9,11-12,14,21H,4,6,10H2,1-3H3,(H,29,31)/t14-,21+/m1/s1. The number of nitrogens with one attached hydrogen (secondary N) is 1. The van der Waals surface area contributed by atoms with Gasteiger partial charge in [0.25, 0.3) is 0 Å². The summed E-state index contributed by atoms with van der Waals surface area (Å²) < 4.78 is 45.6. The number of rotatable bonds is 8. The number of anilines is 1. The van der Waals surface area contributed by atoms with Gasteiger partial charge in [-0.2, -0.15) is 13.2 Å². The van der Waals surface area contributed by atoms with Gasteiger partial charge in [-0.05, 0) is 55.2 Å². The zero-order valence-corrected chi connectivity index (χ0v) is 19.4. The first-order valence-electron chi connectivity index (χ1n) is 10.0. The molecule has 0 aliphatic heterocycles. The summed E-state index contributed by atoms with van der Waals surface area (Å²) in [4.78, 5) is 24.6. The minimum atomic E-state index is -4.60. The second kappa shape index (κ2) is 11.1. The quantitative estimate of drug-likeness (QED) is 0.418. The van der Waals surface area contributed by atoms with Crippen LogP contribution in [-0.2, 0) is 20.7 Å². The Balaban J connectivity index is 2.31. The largest absolute Gasteiger partial charge is 0.466 e. The number of esters is 1. The van der Waals surface area contributed by atoms with E-state index < -0.39 is 23.9 Å². The Morgan fingerprint density at radius 3 is 2.34 bits per heavy atom. The van der Waals surface area contributed by atoms with Crippen molar-refractivity contribution < 1.29 is 27.5 Å². The number of carbonyl (C=O) groups is 2. The van der Waals surface area contributed by atoms with E-state index in [4.69, 9.17) is 27.9 Å². The third kappa shape index (κ3) is 6.87. The molecule has 0 bridgehead atoms. The predicted octanol–water partition coefficient (Wildman–Crippen LogP) is 6.72. The average Bonchev–Trinajstić information content (AvgIpc) is 2.71. The lowest BCUT2D eigenvalue weighted by molar-refractivity contribution is -0.178. The van der Waals surface area contributed by atoms with Gasteiger partial charge in [-0.3, -0.25) is 9.59 Å². The molecule has 0 fully saturated rings. The molecule has 0 unspecified atom stereocenters. The van der Waals surface area contributed by atoms with Gasteiger partial charge in [0.2, 0.25) is 5.91 Å². The molecular weight excluding hydrogens is 466 g/mol. The van der Waals surface area contributed by atoms with Gasteiger partial charge in [0, 0.05) is 11.4 Å². The van der Waals surface area contributed by atoms with Crippen molar-refractivity contribution in [2.75, 3.05) is 11.9 Å². The van der Waals surface area contributed by atoms with Crippen molar-refractivity contribution in [3.8, 4) is 0 Å². The first-order valence-corrected chi connectivity index (χ1v) is 10.8. The molecule has 0 aliphatic rings. The zero-order valence-electron chi connectivity index (χ0n) is 17.9. The lowest BCUT2D eigenvalue weighted by Gasteiger charge is -2.26. The Bertz CT molecular complexity index is 979. The van der Waals surface area contributed by atoms with Crippen molar-refractivity contribution in [1.29, 1.82) is 0 Å². The smallest absolute Gasteiger partial charge is 0.392 e. The van der Waals surface area contributed by atoms with Gasteiger partial charge in [0.05, 0.1) is 29.2 Å². The first kappa shape index (κ1) is 26.0. The molecule has 0 heterocycles. The average molecular weight is 490 g/mol. The SMILES string of the molecule is CCOC(=O)CCc1ccc(Cl)c(NC(=O)[C@H](c2ccc(Cl)c(C)c2)[C@@H](C)C(F)(F)F)c1. The molecule has 0 aromatic heterocycles. The fourth-order valence-electron chi connectivity index (χ4n) is 3.23. The Labute approximate surface area is 195 Å². The summed E-state index contributed by atoms with van der Waals surface area (Å²) in [5.74, 6) is -4.68. The van der Waals surface area contributed by atoms with Crippen molar-refractivity contribution in [3.05, 3.63) is 63.1 Å². The predicted molar refractivity (Wildman–Crippen MR) is 119 cm³/mol. The van der Waals surface area contributed by atoms with Crippen molar-refractivity contribution >= 4 is 40.8 Å². The Kier molecular flexibility index (Phi) is 8.98. The van der Waals surface area contributed by atoms with E-state index in [-0.39, 0.29) is 35.3 Å². The summed E-state index contributed by atoms with van der Waals surface area (Å²) in [5.41, 5.74) is 1.61. The molecule has 32 heavy (non-hydrogen) atoms. The highest BCUT2D eigenvalue weighted by atomic mass is 35.5. The van der Waals surface area contributed by atoms with Gasteiger partial charge in [-0.15, -0.1) is 0 Å². The molecule has 2 aromatic rings. The number of aryl methyl sites for hydroxylation is 2. The summed E-state index contributed by atoms with van der Waals surface area (Å²) in [5, 5.41) is 3.09. The highest BCUT2D eigenvalue weighted by Gasteiger charge is 2.45. The number of amides is 1. The monoisotopic (exact) mass is 489 g/mol. The second-order valence-corrected chi connectivity index (χ2v) is 8.24. The third-order valence-electron chi connectivity index (χ3n) is 5.05. The zero-order chi connectivity index (χ0) is 24.1. The van der Waals surface area contributed by atoms with Crippen LogP contribution in [0.1, 0.15) is 42.9 Å². The van der Waals surface area contributed by atoms with Crippen molar-refractivity contribution in [2.45, 2.75) is 45.7 Å². The van der Waals surface area contributed by atoms with E-state index in [0.29, 0.717) is 22.6 Å². The molecule has 174 valence electrons. The van der Waals surface area contributed by atoms with E-state index in [1.807, 2.05) is 0 Å². The van der Waals surface area contributed by atoms with E-state index in [1.54, 1.807) is 26.0 Å². The normalized spacial score (nSPS) is 13.4. The van der Waals surface area contributed by atoms with Crippen molar-refractivity contribution in [3.63, 3.8) is 0 Å². The van der Waals surface area contributed by atoms with Crippen LogP contribution in [0.3, 0.4) is 0 Å². The molecule has 2 atom stereocenters. The van der Waals surface area contributed by atoms with Crippen LogP contribution in [0.25, 0.3) is 0 Å². The van der Waals surface area contributed by atoms with Crippen molar-refractivity contribution in [1.82, 2.24) is 0 Å². The molecule has 0 saturated carbocycles. The van der Waals surface area contributed by atoms with Crippen LogP contribution in [0.4, 0.5) is 18.9 Å². The number of carbonyl (C=O) groups excluding carboxylic acids is 2. The molecule has 4 nitrogen and oxygen atoms in total. The minimum absolute atomic E-state index is 0.126. The van der Waals surface area contributed by atoms with Crippen LogP contribution in [0.5, 0.6) is 0 Å². The van der Waals surface area contributed by atoms with E-state index in [2.05, 4.69) is 5.32 Å². The van der Waals surface area contributed by atoms with E-state index in [1.165, 1.54) is 24.3 Å². The van der Waals surface area contributed by atoms with Gasteiger partial charge in [-0.25, -0.2) is 0 Å². The third-order valence-corrected chi connectivity index (χ3v) is 5.81. The number of hydrogen-bond acceptors (Lipinski definition) is 3. The van der Waals surface area contributed by atoms with Crippen LogP contribution in [0.2, 0.25) is 10.0 Å². The Morgan fingerprint density at radius 2 is 1.75 bits per heavy atom. The van der Waals surface area contributed by atoms with Gasteiger partial charge in [0.1, 0.15) is 0 Å². The van der Waals surface area contributed by atoms with Gasteiger partial charge in [-0.1, -0.05) is 48.3 Å². The maximum Gasteiger partial charge on any atom is 0.392 e. The molecule has 2 rings (SSSR count). The molecule has 0 radical (unpaired) electrons. The lowest BCUT2D eigenvalue weighted by Crippen LogP contribution is -2.34. The topological polar surface area (TPSA) is 55.4 Å². The van der Waals surface area contributed by atoms with Crippen LogP contribution >= 0.6 is 23.2 Å². The number of hydrogen-bond donors (Lipinski definition) is 1. The molecule has 1 N–H and O–H groups in total. The molecular formula is C23H24Cl2F3NO3. The van der Waals surface area contributed by atoms with Crippen molar-refractivity contribution in [2.24, 2.45) is 5.92 Å². The van der Waals surface area contributed by atoms with Crippen LogP contribution < -0.4 is 5.32 Å². The fourth-order valence-corrected chi connectivity index (χ4v) is 3.51. The van der Waals surface area contributed by atoms with Crippen LogP contribution in [0, 0.1) is 12.8 Å². The highest BCUT2D eigenvalue weighted by Crippen LogP contribution is 2.39. The Morgan fingerprint density at radius 1 is 1.09 bits per heavy atom. The van der Waals surface area contributed by atoms with E-state index in [9.17, 15) is 22.8 Å². The number of alkyl halides is 3.